The predicted octanol–water partition coefficient (Wildman–Crippen LogP) is 2.95. The summed E-state index contributed by atoms with van der Waals surface area (Å²) >= 11 is 7.05. The van der Waals surface area contributed by atoms with E-state index in [0.717, 1.165) is 22.7 Å². The van der Waals surface area contributed by atoms with E-state index in [9.17, 15) is 19.3 Å². The third kappa shape index (κ3) is 8.14. The first kappa shape index (κ1) is 33.6. The van der Waals surface area contributed by atoms with Gasteiger partial charge in [0.15, 0.2) is 22.8 Å². The van der Waals surface area contributed by atoms with Crippen LogP contribution in [-0.4, -0.2) is 84.2 Å². The van der Waals surface area contributed by atoms with Crippen LogP contribution in [0.15, 0.2) is 12.7 Å². The van der Waals surface area contributed by atoms with E-state index in [1.165, 1.54) is 13.3 Å². The van der Waals surface area contributed by atoms with Gasteiger partial charge in [-0.05, 0) is 20.8 Å². The Balaban J connectivity index is 1.74. The number of hydrogen-bond acceptors (Lipinski definition) is 13. The molecule has 2 aromatic rings. The van der Waals surface area contributed by atoms with Gasteiger partial charge < -0.3 is 20.3 Å². The highest BCUT2D eigenvalue weighted by atomic mass is 35.5. The minimum absolute atomic E-state index is 0.0443. The minimum atomic E-state index is -4.31. The Kier molecular flexibility index (Phi) is 10.8. The maximum atomic E-state index is 15.6. The number of carbonyl (C=O) groups is 2. The molecule has 2 aromatic heterocycles. The van der Waals surface area contributed by atoms with Gasteiger partial charge in [0.05, 0.1) is 25.6 Å². The molecule has 18 heteroatoms. The second-order valence-corrected chi connectivity index (χ2v) is 14.0. The number of nitrogens with zero attached hydrogens (tertiary/aromatic N) is 4. The summed E-state index contributed by atoms with van der Waals surface area (Å²) in [6, 6.07) is -1.13. The smallest absolute Gasteiger partial charge is 0.406 e. The average molecular weight is 641 g/mol. The number of nitrogens with two attached hydrogens (primary N) is 1. The Morgan fingerprint density at radius 3 is 2.63 bits per heavy atom. The van der Waals surface area contributed by atoms with Gasteiger partial charge >= 0.3 is 13.7 Å². The number of fused-ring (bicyclic) bond motifs is 1. The van der Waals surface area contributed by atoms with Crippen molar-refractivity contribution in [2.45, 2.75) is 77.3 Å². The number of aromatic nitrogens is 4. The molecule has 0 radical (unpaired) electrons. The second kappa shape index (κ2) is 13.2. The van der Waals surface area contributed by atoms with Crippen LogP contribution in [-0.2, 0) is 32.7 Å². The topological polar surface area (TPSA) is 190 Å². The molecule has 6 atom stereocenters. The molecule has 0 aliphatic carbocycles. The number of imidazole rings is 1. The van der Waals surface area contributed by atoms with E-state index in [4.69, 9.17) is 35.9 Å². The molecule has 4 N–H and O–H groups in total. The lowest BCUT2D eigenvalue weighted by atomic mass is 10.00. The van der Waals surface area contributed by atoms with Crippen molar-refractivity contribution in [3.8, 4) is 0 Å². The maximum Gasteiger partial charge on any atom is 0.406 e. The summed E-state index contributed by atoms with van der Waals surface area (Å²) < 4.78 is 52.1. The number of hydrogen-bond donors (Lipinski definition) is 3. The number of carbonyl (C=O) groups excluding carboxylic acids is 2. The fraction of sp³-hybridized carbons (Fsp3) is 0.696. The number of nitrogens with one attached hydrogen (secondary N) is 1. The first-order valence-electron chi connectivity index (χ1n) is 12.6. The van der Waals surface area contributed by atoms with Gasteiger partial charge in [0.2, 0.25) is 0 Å². The largest absolute Gasteiger partial charge is 0.462 e. The fourth-order valence-electron chi connectivity index (χ4n) is 3.56. The number of anilines is 1. The van der Waals surface area contributed by atoms with Gasteiger partial charge in [-0.2, -0.15) is 0 Å². The van der Waals surface area contributed by atoms with Gasteiger partial charge in [-0.1, -0.05) is 44.1 Å². The van der Waals surface area contributed by atoms with Gasteiger partial charge in [0.25, 0.3) is 5.13 Å². The van der Waals surface area contributed by atoms with Crippen LogP contribution in [0.25, 0.3) is 11.2 Å². The van der Waals surface area contributed by atoms with Crippen LogP contribution in [0, 0.1) is 5.41 Å². The minimum Gasteiger partial charge on any atom is -0.462 e. The maximum absolute atomic E-state index is 15.6. The number of rotatable bonds is 12. The van der Waals surface area contributed by atoms with Crippen molar-refractivity contribution in [2.24, 2.45) is 5.41 Å². The first-order valence-corrected chi connectivity index (χ1v) is 15.6. The van der Waals surface area contributed by atoms with Crippen LogP contribution in [0.2, 0.25) is 0 Å². The molecule has 14 nitrogen and oxygen atoms in total. The van der Waals surface area contributed by atoms with Crippen LogP contribution in [0.1, 0.15) is 47.8 Å². The van der Waals surface area contributed by atoms with Crippen molar-refractivity contribution < 1.29 is 42.2 Å². The zero-order valence-electron chi connectivity index (χ0n) is 23.4. The van der Waals surface area contributed by atoms with Crippen molar-refractivity contribution in [3.63, 3.8) is 0 Å². The molecule has 0 saturated carbocycles. The van der Waals surface area contributed by atoms with E-state index in [-0.39, 0.29) is 34.5 Å². The van der Waals surface area contributed by atoms with Crippen molar-refractivity contribution >= 4 is 59.2 Å². The van der Waals surface area contributed by atoms with Gasteiger partial charge in [-0.25, -0.2) is 29.0 Å². The summed E-state index contributed by atoms with van der Waals surface area (Å²) in [7, 11) is -4.31. The predicted molar refractivity (Wildman–Crippen MR) is 150 cm³/mol. The number of thioether (sulfide) groups is 1. The molecule has 1 aliphatic rings. The molecule has 0 spiro atoms. The molecule has 3 rings (SSSR count). The zero-order valence-corrected chi connectivity index (χ0v) is 25.9. The van der Waals surface area contributed by atoms with Crippen LogP contribution < -0.4 is 10.8 Å². The lowest BCUT2D eigenvalue weighted by Crippen LogP contribution is -2.39. The molecular formula is C23H35ClFN6O8PS. The third-order valence-electron chi connectivity index (χ3n) is 5.68. The Morgan fingerprint density at radius 2 is 2.00 bits per heavy atom. The standard InChI is InChI=1S/C23H35ClFN6O8PS/c1-12(2)38-19(33)13(3)30-40(35,36-7-8-41-21(34)22(4,5)6)37-9-14-16(32)23(24,25)20(39-14)31-11-29-15-17(26)27-10-28-18(15)31/h10-14,16,20,32H,7-9H2,1-6H3,(H,30,35)(H2,26,27,28)/t13-,14+,16+,20+,23-,40-/m0/s1. The third-order valence-corrected chi connectivity index (χ3v) is 9.05. The van der Waals surface area contributed by atoms with Gasteiger partial charge in [0, 0.05) is 11.2 Å². The highest BCUT2D eigenvalue weighted by Gasteiger charge is 2.58. The summed E-state index contributed by atoms with van der Waals surface area (Å²) in [5.41, 5.74) is 5.48. The van der Waals surface area contributed by atoms with E-state index < -0.39 is 61.4 Å². The van der Waals surface area contributed by atoms with E-state index in [1.54, 1.807) is 34.6 Å². The molecule has 1 aliphatic heterocycles. The monoisotopic (exact) mass is 640 g/mol. The Hall–Kier alpha value is -1.91. The highest BCUT2D eigenvalue weighted by Crippen LogP contribution is 2.49. The number of aliphatic hydroxyl groups excluding tert-OH is 1. The SMILES string of the molecule is CC(C)OC(=O)[C@H](C)N[P@](=O)(OCCSC(=O)C(C)(C)C)OC[C@H]1O[C@@H](n2cnc3c(N)ncnc32)[C@](F)(Cl)[C@@H]1O. The normalized spacial score (nSPS) is 25.4. The molecule has 0 bridgehead atoms. The molecular weight excluding hydrogens is 606 g/mol. The highest BCUT2D eigenvalue weighted by molar-refractivity contribution is 8.13. The zero-order chi connectivity index (χ0) is 30.8. The Morgan fingerprint density at radius 1 is 1.32 bits per heavy atom. The van der Waals surface area contributed by atoms with Gasteiger partial charge in [0.1, 0.15) is 30.1 Å². The van der Waals surface area contributed by atoms with Crippen LogP contribution in [0.3, 0.4) is 0 Å². The lowest BCUT2D eigenvalue weighted by molar-refractivity contribution is -0.149. The molecule has 1 saturated heterocycles. The Bertz CT molecular complexity index is 1290. The molecule has 1 fully saturated rings. The summed E-state index contributed by atoms with van der Waals surface area (Å²) in [5, 5.41) is 10.2. The molecule has 41 heavy (non-hydrogen) atoms. The lowest BCUT2D eigenvalue weighted by Gasteiger charge is -2.25. The molecule has 0 aromatic carbocycles. The van der Waals surface area contributed by atoms with Crippen LogP contribution >= 0.6 is 31.1 Å². The van der Waals surface area contributed by atoms with E-state index in [1.807, 2.05) is 0 Å². The van der Waals surface area contributed by atoms with E-state index in [2.05, 4.69) is 20.0 Å². The number of esters is 1. The number of alkyl halides is 2. The van der Waals surface area contributed by atoms with E-state index >= 15 is 4.39 Å². The van der Waals surface area contributed by atoms with Crippen molar-refractivity contribution in [1.82, 2.24) is 24.6 Å². The summed E-state index contributed by atoms with van der Waals surface area (Å²) in [4.78, 5) is 36.4. The van der Waals surface area contributed by atoms with Crippen LogP contribution in [0.5, 0.6) is 0 Å². The van der Waals surface area contributed by atoms with Crippen LogP contribution in [0.4, 0.5) is 10.2 Å². The second-order valence-electron chi connectivity index (χ2n) is 10.6. The number of halogens is 2. The summed E-state index contributed by atoms with van der Waals surface area (Å²) in [5.74, 6) is -0.546. The molecule has 230 valence electrons. The average Bonchev–Trinajstić information content (AvgIpc) is 3.38. The van der Waals surface area contributed by atoms with Crippen molar-refractivity contribution in [3.05, 3.63) is 12.7 Å². The van der Waals surface area contributed by atoms with E-state index in [0.29, 0.717) is 0 Å². The quantitative estimate of drug-likeness (QED) is 0.133. The fourth-order valence-corrected chi connectivity index (χ4v) is 6.25. The Labute approximate surface area is 245 Å². The van der Waals surface area contributed by atoms with Gasteiger partial charge in [-0.15, -0.1) is 0 Å². The summed E-state index contributed by atoms with van der Waals surface area (Å²) in [6.07, 6.45) is -3.13. The molecule has 3 heterocycles. The first-order chi connectivity index (χ1) is 19.0. The van der Waals surface area contributed by atoms with Crippen molar-refractivity contribution in [1.29, 1.82) is 0 Å². The van der Waals surface area contributed by atoms with Crippen molar-refractivity contribution in [2.75, 3.05) is 24.7 Å². The number of ether oxygens (including phenoxy) is 2. The molecule has 0 amide bonds. The summed E-state index contributed by atoms with van der Waals surface area (Å²) in [6.45, 7) is 9.10. The number of aliphatic hydroxyl groups is 1. The molecule has 0 unspecified atom stereocenters. The van der Waals surface area contributed by atoms with Gasteiger partial charge in [-0.3, -0.25) is 23.2 Å². The number of nitrogen functional groups attached to an aromatic ring is 1.